The van der Waals surface area contributed by atoms with Gasteiger partial charge in [-0.15, -0.1) is 0 Å². The molecule has 1 heterocycles. The molecule has 5 nitrogen and oxygen atoms in total. The fourth-order valence-electron chi connectivity index (χ4n) is 1.20. The van der Waals surface area contributed by atoms with E-state index in [0.29, 0.717) is 10.7 Å². The highest BCUT2D eigenvalue weighted by atomic mass is 35.5. The van der Waals surface area contributed by atoms with Crippen LogP contribution in [0.1, 0.15) is 0 Å². The maximum Gasteiger partial charge on any atom is 0.276 e. The number of nitrogens with zero attached hydrogens (tertiary/aromatic N) is 1. The standard InChI is InChI=1S/C10H9ClN4O/c11-6-3-1-2-4-7(6)15-9-8(12)10(16)14-5-13-9/h1-5H,12H2,(H2,13,14,15,16). The van der Waals surface area contributed by atoms with Crippen molar-refractivity contribution in [2.24, 2.45) is 0 Å². The number of hydrogen-bond acceptors (Lipinski definition) is 4. The lowest BCUT2D eigenvalue weighted by Gasteiger charge is -2.08. The lowest BCUT2D eigenvalue weighted by atomic mass is 10.3. The SMILES string of the molecule is Nc1c(Nc2ccccc2Cl)nc[nH]c1=O. The molecule has 0 spiro atoms. The van der Waals surface area contributed by atoms with Crippen LogP contribution in [-0.2, 0) is 0 Å². The van der Waals surface area contributed by atoms with Crippen molar-refractivity contribution < 1.29 is 0 Å². The number of H-pyrrole nitrogens is 1. The van der Waals surface area contributed by atoms with Crippen molar-refractivity contribution in [3.8, 4) is 0 Å². The minimum absolute atomic E-state index is 0.0300. The number of hydrogen-bond donors (Lipinski definition) is 3. The van der Waals surface area contributed by atoms with Crippen LogP contribution >= 0.6 is 11.6 Å². The van der Waals surface area contributed by atoms with Gasteiger partial charge in [-0.05, 0) is 12.1 Å². The number of aromatic nitrogens is 2. The number of aromatic amines is 1. The van der Waals surface area contributed by atoms with Gasteiger partial charge in [-0.3, -0.25) is 4.79 Å². The number of rotatable bonds is 2. The maximum absolute atomic E-state index is 11.2. The van der Waals surface area contributed by atoms with E-state index in [9.17, 15) is 4.79 Å². The Bertz CT molecular complexity index is 567. The number of nitrogens with one attached hydrogen (secondary N) is 2. The third-order valence-corrected chi connectivity index (χ3v) is 2.35. The van der Waals surface area contributed by atoms with Crippen molar-refractivity contribution in [1.29, 1.82) is 0 Å². The van der Waals surface area contributed by atoms with Gasteiger partial charge in [-0.1, -0.05) is 23.7 Å². The molecule has 82 valence electrons. The van der Waals surface area contributed by atoms with Gasteiger partial charge in [0.05, 0.1) is 17.0 Å². The molecule has 0 unspecified atom stereocenters. The van der Waals surface area contributed by atoms with Crippen molar-refractivity contribution in [3.05, 3.63) is 46.0 Å². The third-order valence-electron chi connectivity index (χ3n) is 2.02. The topological polar surface area (TPSA) is 83.8 Å². The Morgan fingerprint density at radius 2 is 2.12 bits per heavy atom. The maximum atomic E-state index is 11.2. The van der Waals surface area contributed by atoms with E-state index in [4.69, 9.17) is 17.3 Å². The van der Waals surface area contributed by atoms with Gasteiger partial charge in [-0.25, -0.2) is 4.98 Å². The Balaban J connectivity index is 2.38. The largest absolute Gasteiger partial charge is 0.391 e. The summed E-state index contributed by atoms with van der Waals surface area (Å²) in [5.74, 6) is 0.289. The molecule has 0 amide bonds. The number of halogens is 1. The van der Waals surface area contributed by atoms with Crippen LogP contribution in [0.5, 0.6) is 0 Å². The zero-order valence-corrected chi connectivity index (χ0v) is 8.95. The average molecular weight is 237 g/mol. The van der Waals surface area contributed by atoms with Crippen molar-refractivity contribution in [2.45, 2.75) is 0 Å². The van der Waals surface area contributed by atoms with Crippen molar-refractivity contribution in [1.82, 2.24) is 9.97 Å². The Hall–Kier alpha value is -2.01. The first-order chi connectivity index (χ1) is 7.68. The second kappa shape index (κ2) is 4.24. The number of para-hydroxylation sites is 1. The average Bonchev–Trinajstić information content (AvgIpc) is 2.28. The summed E-state index contributed by atoms with van der Waals surface area (Å²) in [7, 11) is 0. The highest BCUT2D eigenvalue weighted by molar-refractivity contribution is 6.33. The molecule has 0 radical (unpaired) electrons. The molecule has 0 saturated heterocycles. The van der Waals surface area contributed by atoms with Crippen LogP contribution in [0.25, 0.3) is 0 Å². The van der Waals surface area contributed by atoms with Gasteiger partial charge in [0.2, 0.25) is 0 Å². The van der Waals surface area contributed by atoms with E-state index in [0.717, 1.165) is 0 Å². The Labute approximate surface area is 96.3 Å². The summed E-state index contributed by atoms with van der Waals surface area (Å²) in [6.45, 7) is 0. The van der Waals surface area contributed by atoms with Crippen LogP contribution in [0.3, 0.4) is 0 Å². The molecule has 16 heavy (non-hydrogen) atoms. The monoisotopic (exact) mass is 236 g/mol. The van der Waals surface area contributed by atoms with Gasteiger partial charge in [-0.2, -0.15) is 0 Å². The molecule has 0 atom stereocenters. The molecule has 1 aromatic carbocycles. The van der Waals surface area contributed by atoms with E-state index >= 15 is 0 Å². The smallest absolute Gasteiger partial charge is 0.276 e. The number of nitrogen functional groups attached to an aromatic ring is 1. The zero-order chi connectivity index (χ0) is 11.5. The molecule has 6 heteroatoms. The molecule has 0 aliphatic heterocycles. The summed E-state index contributed by atoms with van der Waals surface area (Å²) in [5, 5.41) is 3.42. The highest BCUT2D eigenvalue weighted by Crippen LogP contribution is 2.24. The molecule has 0 aliphatic rings. The quantitative estimate of drug-likeness (QED) is 0.742. The van der Waals surface area contributed by atoms with Crippen molar-refractivity contribution in [2.75, 3.05) is 11.1 Å². The number of benzene rings is 1. The summed E-state index contributed by atoms with van der Waals surface area (Å²) in [6.07, 6.45) is 1.28. The molecule has 0 bridgehead atoms. The van der Waals surface area contributed by atoms with Crippen LogP contribution in [-0.4, -0.2) is 9.97 Å². The van der Waals surface area contributed by atoms with Crippen LogP contribution in [0, 0.1) is 0 Å². The normalized spacial score (nSPS) is 10.1. The Morgan fingerprint density at radius 1 is 1.38 bits per heavy atom. The first kappa shape index (κ1) is 10.5. The molecule has 2 rings (SSSR count). The molecule has 0 saturated carbocycles. The summed E-state index contributed by atoms with van der Waals surface area (Å²) < 4.78 is 0. The van der Waals surface area contributed by atoms with Crippen molar-refractivity contribution >= 4 is 28.8 Å². The number of anilines is 3. The summed E-state index contributed by atoms with van der Waals surface area (Å²) in [5.41, 5.74) is 5.86. The Kier molecular flexibility index (Phi) is 2.78. The lowest BCUT2D eigenvalue weighted by molar-refractivity contribution is 1.13. The third kappa shape index (κ3) is 1.99. The molecule has 1 aromatic heterocycles. The van der Waals surface area contributed by atoms with E-state index in [1.807, 2.05) is 12.1 Å². The lowest BCUT2D eigenvalue weighted by Crippen LogP contribution is -2.14. The first-order valence-electron chi connectivity index (χ1n) is 4.53. The second-order valence-corrected chi connectivity index (χ2v) is 3.51. The first-order valence-corrected chi connectivity index (χ1v) is 4.91. The summed E-state index contributed by atoms with van der Waals surface area (Å²) in [4.78, 5) is 17.5. The van der Waals surface area contributed by atoms with Gasteiger partial charge >= 0.3 is 0 Å². The molecule has 4 N–H and O–H groups in total. The van der Waals surface area contributed by atoms with Crippen LogP contribution in [0.2, 0.25) is 5.02 Å². The summed E-state index contributed by atoms with van der Waals surface area (Å²) >= 11 is 5.95. The molecular weight excluding hydrogens is 228 g/mol. The minimum Gasteiger partial charge on any atom is -0.391 e. The van der Waals surface area contributed by atoms with E-state index < -0.39 is 0 Å². The predicted molar refractivity (Wildman–Crippen MR) is 64.0 cm³/mol. The number of nitrogens with two attached hydrogens (primary N) is 1. The molecule has 0 aliphatic carbocycles. The van der Waals surface area contributed by atoms with Gasteiger partial charge in [0.1, 0.15) is 5.69 Å². The van der Waals surface area contributed by atoms with E-state index in [1.165, 1.54) is 6.33 Å². The van der Waals surface area contributed by atoms with E-state index in [2.05, 4.69) is 15.3 Å². The van der Waals surface area contributed by atoms with Crippen molar-refractivity contribution in [3.63, 3.8) is 0 Å². The zero-order valence-electron chi connectivity index (χ0n) is 8.20. The minimum atomic E-state index is -0.385. The predicted octanol–water partition coefficient (Wildman–Crippen LogP) is 1.75. The van der Waals surface area contributed by atoms with Crippen LogP contribution in [0.4, 0.5) is 17.2 Å². The van der Waals surface area contributed by atoms with Gasteiger partial charge in [0.25, 0.3) is 5.56 Å². The van der Waals surface area contributed by atoms with Crippen LogP contribution in [0.15, 0.2) is 35.4 Å². The Morgan fingerprint density at radius 3 is 2.88 bits per heavy atom. The van der Waals surface area contributed by atoms with E-state index in [-0.39, 0.29) is 17.1 Å². The molecule has 2 aromatic rings. The highest BCUT2D eigenvalue weighted by Gasteiger charge is 2.06. The summed E-state index contributed by atoms with van der Waals surface area (Å²) in [6, 6.07) is 7.12. The fourth-order valence-corrected chi connectivity index (χ4v) is 1.38. The molecular formula is C10H9ClN4O. The fraction of sp³-hybridized carbons (Fsp3) is 0. The van der Waals surface area contributed by atoms with Gasteiger partial charge < -0.3 is 16.0 Å². The van der Waals surface area contributed by atoms with E-state index in [1.54, 1.807) is 12.1 Å². The van der Waals surface area contributed by atoms with Crippen LogP contribution < -0.4 is 16.6 Å². The van der Waals surface area contributed by atoms with Gasteiger partial charge in [0, 0.05) is 0 Å². The van der Waals surface area contributed by atoms with Gasteiger partial charge in [0.15, 0.2) is 5.82 Å². The second-order valence-electron chi connectivity index (χ2n) is 3.10. The molecule has 0 fully saturated rings.